The van der Waals surface area contributed by atoms with E-state index < -0.39 is 0 Å². The molecule has 3 aromatic rings. The molecule has 0 bridgehead atoms. The summed E-state index contributed by atoms with van der Waals surface area (Å²) in [5, 5.41) is 0. The summed E-state index contributed by atoms with van der Waals surface area (Å²) in [4.78, 5) is 27.8. The van der Waals surface area contributed by atoms with Crippen LogP contribution in [0, 0.1) is 0 Å². The van der Waals surface area contributed by atoms with Crippen molar-refractivity contribution in [1.82, 2.24) is 19.5 Å². The molecule has 0 unspecified atom stereocenters. The third kappa shape index (κ3) is 4.59. The highest BCUT2D eigenvalue weighted by molar-refractivity contribution is 5.39. The van der Waals surface area contributed by atoms with Gasteiger partial charge in [-0.2, -0.15) is 0 Å². The van der Waals surface area contributed by atoms with Crippen molar-refractivity contribution in [3.05, 3.63) is 65.0 Å². The molecule has 2 N–H and O–H groups in total. The minimum Gasteiger partial charge on any atom is -0.490 e. The summed E-state index contributed by atoms with van der Waals surface area (Å²) in [7, 11) is 0. The van der Waals surface area contributed by atoms with Gasteiger partial charge in [0.25, 0.3) is 5.56 Å². The Labute approximate surface area is 175 Å². The molecule has 1 saturated heterocycles. The van der Waals surface area contributed by atoms with Crippen LogP contribution in [0.3, 0.4) is 0 Å². The number of hydrogen-bond donors (Lipinski definition) is 1. The van der Waals surface area contributed by atoms with Crippen LogP contribution in [-0.2, 0) is 6.42 Å². The first-order valence-electron chi connectivity index (χ1n) is 10.3. The van der Waals surface area contributed by atoms with Gasteiger partial charge in [0, 0.05) is 50.6 Å². The highest BCUT2D eigenvalue weighted by Gasteiger charge is 2.22. The van der Waals surface area contributed by atoms with E-state index in [1.54, 1.807) is 24.4 Å². The molecule has 4 rings (SSSR count). The summed E-state index contributed by atoms with van der Waals surface area (Å²) < 4.78 is 7.53. The first-order valence-corrected chi connectivity index (χ1v) is 10.3. The molecular weight excluding hydrogens is 380 g/mol. The minimum atomic E-state index is -0.192. The van der Waals surface area contributed by atoms with Crippen molar-refractivity contribution in [3.8, 4) is 11.6 Å². The van der Waals surface area contributed by atoms with Crippen molar-refractivity contribution >= 4 is 11.6 Å². The number of nitrogens with two attached hydrogens (primary N) is 1. The molecule has 1 aliphatic rings. The predicted molar refractivity (Wildman–Crippen MR) is 116 cm³/mol. The maximum atomic E-state index is 12.5. The fourth-order valence-electron chi connectivity index (χ4n) is 3.56. The zero-order valence-electron chi connectivity index (χ0n) is 17.1. The van der Waals surface area contributed by atoms with Crippen LogP contribution in [0.1, 0.15) is 31.7 Å². The number of ether oxygens (including phenoxy) is 1. The molecule has 0 saturated carbocycles. The van der Waals surface area contributed by atoms with Crippen LogP contribution in [0.4, 0.5) is 11.6 Å². The molecule has 156 valence electrons. The first kappa shape index (κ1) is 19.9. The molecule has 0 radical (unpaired) electrons. The van der Waals surface area contributed by atoms with Gasteiger partial charge in [-0.15, -0.1) is 0 Å². The summed E-state index contributed by atoms with van der Waals surface area (Å²) in [5.74, 6) is 1.87. The topological polar surface area (TPSA) is 99.2 Å². The highest BCUT2D eigenvalue weighted by Crippen LogP contribution is 2.21. The quantitative estimate of drug-likeness (QED) is 0.672. The van der Waals surface area contributed by atoms with Gasteiger partial charge in [-0.25, -0.2) is 15.0 Å². The summed E-state index contributed by atoms with van der Waals surface area (Å²) in [6.45, 7) is 3.80. The highest BCUT2D eigenvalue weighted by atomic mass is 16.5. The predicted octanol–water partition coefficient (Wildman–Crippen LogP) is 2.61. The molecule has 3 aromatic heterocycles. The van der Waals surface area contributed by atoms with Crippen LogP contribution in [0.2, 0.25) is 0 Å². The van der Waals surface area contributed by atoms with E-state index in [1.807, 2.05) is 12.4 Å². The zero-order chi connectivity index (χ0) is 20.9. The van der Waals surface area contributed by atoms with Gasteiger partial charge in [0.2, 0.25) is 5.95 Å². The molecule has 0 aromatic carbocycles. The maximum absolute atomic E-state index is 12.5. The number of aryl methyl sites for hydroxylation is 1. The Kier molecular flexibility index (Phi) is 5.92. The number of aromatic nitrogens is 4. The Morgan fingerprint density at radius 2 is 1.87 bits per heavy atom. The smallest absolute Gasteiger partial charge is 0.259 e. The summed E-state index contributed by atoms with van der Waals surface area (Å²) >= 11 is 0. The van der Waals surface area contributed by atoms with E-state index in [9.17, 15) is 4.79 Å². The number of hydrogen-bond acceptors (Lipinski definition) is 7. The lowest BCUT2D eigenvalue weighted by molar-refractivity contribution is 0.170. The van der Waals surface area contributed by atoms with Crippen LogP contribution in [0.5, 0.6) is 5.75 Å². The standard InChI is InChI=1S/C22H26N6O2/c1-2-3-16-13-25-22(26-14-16)27-9-6-18(7-10-27)30-19-8-11-28(21(29)12-19)20-5-4-17(23)15-24-20/h4-5,8,11-15,18H,2-3,6-7,9-10,23H2,1H3. The Balaban J connectivity index is 1.35. The van der Waals surface area contributed by atoms with Crippen LogP contribution < -0.4 is 20.9 Å². The first-order chi connectivity index (χ1) is 14.6. The fourth-order valence-corrected chi connectivity index (χ4v) is 3.56. The molecule has 0 spiro atoms. The Morgan fingerprint density at radius 3 is 2.50 bits per heavy atom. The average Bonchev–Trinajstić information content (AvgIpc) is 2.76. The van der Waals surface area contributed by atoms with Gasteiger partial charge < -0.3 is 15.4 Å². The van der Waals surface area contributed by atoms with Gasteiger partial charge in [-0.3, -0.25) is 9.36 Å². The van der Waals surface area contributed by atoms with Crippen LogP contribution in [0.15, 0.2) is 53.8 Å². The van der Waals surface area contributed by atoms with Gasteiger partial charge in [0.15, 0.2) is 0 Å². The van der Waals surface area contributed by atoms with Crippen molar-refractivity contribution in [2.75, 3.05) is 23.7 Å². The van der Waals surface area contributed by atoms with E-state index >= 15 is 0 Å². The second-order valence-electron chi connectivity index (χ2n) is 7.47. The molecule has 30 heavy (non-hydrogen) atoms. The second-order valence-corrected chi connectivity index (χ2v) is 7.47. The molecule has 1 aliphatic heterocycles. The van der Waals surface area contributed by atoms with E-state index in [-0.39, 0.29) is 11.7 Å². The van der Waals surface area contributed by atoms with Crippen molar-refractivity contribution in [1.29, 1.82) is 0 Å². The molecule has 8 heteroatoms. The molecule has 0 atom stereocenters. The van der Waals surface area contributed by atoms with E-state index in [1.165, 1.54) is 22.4 Å². The van der Waals surface area contributed by atoms with Crippen molar-refractivity contribution in [2.45, 2.75) is 38.7 Å². The number of anilines is 2. The normalized spacial score (nSPS) is 14.6. The molecule has 4 heterocycles. The lowest BCUT2D eigenvalue weighted by Gasteiger charge is -2.32. The summed E-state index contributed by atoms with van der Waals surface area (Å²) in [5.41, 5.74) is 7.19. The van der Waals surface area contributed by atoms with E-state index in [2.05, 4.69) is 26.8 Å². The van der Waals surface area contributed by atoms with Crippen molar-refractivity contribution < 1.29 is 4.74 Å². The fraction of sp³-hybridized carbons (Fsp3) is 0.364. The van der Waals surface area contributed by atoms with Crippen LogP contribution >= 0.6 is 0 Å². The number of piperidine rings is 1. The van der Waals surface area contributed by atoms with Gasteiger partial charge in [0.05, 0.1) is 11.9 Å². The summed E-state index contributed by atoms with van der Waals surface area (Å²) in [6, 6.07) is 6.72. The van der Waals surface area contributed by atoms with Gasteiger partial charge in [0.1, 0.15) is 17.7 Å². The number of pyridine rings is 2. The Hall–Kier alpha value is -3.42. The monoisotopic (exact) mass is 406 g/mol. The van der Waals surface area contributed by atoms with Gasteiger partial charge in [-0.1, -0.05) is 13.3 Å². The third-order valence-corrected chi connectivity index (χ3v) is 5.17. The number of nitrogens with zero attached hydrogens (tertiary/aromatic N) is 5. The van der Waals surface area contributed by atoms with E-state index in [0.29, 0.717) is 17.3 Å². The van der Waals surface area contributed by atoms with Crippen LogP contribution in [0.25, 0.3) is 5.82 Å². The zero-order valence-corrected chi connectivity index (χ0v) is 17.1. The molecule has 0 aliphatic carbocycles. The largest absolute Gasteiger partial charge is 0.490 e. The van der Waals surface area contributed by atoms with Gasteiger partial charge >= 0.3 is 0 Å². The molecular formula is C22H26N6O2. The number of rotatable bonds is 6. The summed E-state index contributed by atoms with van der Waals surface area (Å²) in [6.07, 6.45) is 10.9. The lowest BCUT2D eigenvalue weighted by atomic mass is 10.1. The molecule has 1 fully saturated rings. The third-order valence-electron chi connectivity index (χ3n) is 5.17. The minimum absolute atomic E-state index is 0.0607. The van der Waals surface area contributed by atoms with Crippen molar-refractivity contribution in [3.63, 3.8) is 0 Å². The van der Waals surface area contributed by atoms with E-state index in [0.717, 1.165) is 44.7 Å². The molecule has 0 amide bonds. The maximum Gasteiger partial charge on any atom is 0.259 e. The molecule has 8 nitrogen and oxygen atoms in total. The number of nitrogen functional groups attached to an aromatic ring is 1. The Bertz CT molecular complexity index is 1020. The van der Waals surface area contributed by atoms with Crippen molar-refractivity contribution in [2.24, 2.45) is 0 Å². The average molecular weight is 406 g/mol. The van der Waals surface area contributed by atoms with Gasteiger partial charge in [-0.05, 0) is 30.2 Å². The second kappa shape index (κ2) is 8.94. The van der Waals surface area contributed by atoms with E-state index in [4.69, 9.17) is 10.5 Å². The lowest BCUT2D eigenvalue weighted by Crippen LogP contribution is -2.39. The van der Waals surface area contributed by atoms with Crippen LogP contribution in [-0.4, -0.2) is 38.7 Å². The SMILES string of the molecule is CCCc1cnc(N2CCC(Oc3ccn(-c4ccc(N)cn4)c(=O)c3)CC2)nc1. The Morgan fingerprint density at radius 1 is 1.10 bits per heavy atom.